The van der Waals surface area contributed by atoms with Gasteiger partial charge in [-0.3, -0.25) is 4.79 Å². The summed E-state index contributed by atoms with van der Waals surface area (Å²) in [5.41, 5.74) is 0. The Hall–Kier alpha value is -0.570. The van der Waals surface area contributed by atoms with Gasteiger partial charge in [0.1, 0.15) is 0 Å². The van der Waals surface area contributed by atoms with E-state index in [0.717, 1.165) is 19.4 Å². The van der Waals surface area contributed by atoms with E-state index in [1.54, 1.807) is 0 Å². The first-order valence-corrected chi connectivity index (χ1v) is 4.50. The third kappa shape index (κ3) is 7.54. The number of aliphatic carboxylic acids is 1. The molecule has 0 saturated carbocycles. The average Bonchev–Trinajstić information content (AvgIpc) is 2.00. The number of rotatable bonds is 7. The molecule has 0 radical (unpaired) electrons. The second-order valence-electron chi connectivity index (χ2n) is 2.97. The lowest BCUT2D eigenvalue weighted by atomic mass is 10.2. The van der Waals surface area contributed by atoms with Gasteiger partial charge in [0.05, 0.1) is 6.10 Å². The molecule has 12 heavy (non-hydrogen) atoms. The van der Waals surface area contributed by atoms with E-state index >= 15 is 0 Å². The number of carboxylic acids is 1. The predicted octanol–water partition coefficient (Wildman–Crippen LogP) is 2.06. The molecule has 72 valence electrons. The van der Waals surface area contributed by atoms with Crippen molar-refractivity contribution in [3.63, 3.8) is 0 Å². The molecule has 3 heteroatoms. The van der Waals surface area contributed by atoms with Gasteiger partial charge in [-0.05, 0) is 26.2 Å². The molecule has 1 atom stereocenters. The zero-order valence-corrected chi connectivity index (χ0v) is 7.88. The second kappa shape index (κ2) is 7.10. The van der Waals surface area contributed by atoms with Crippen molar-refractivity contribution >= 4 is 5.97 Å². The van der Waals surface area contributed by atoms with Gasteiger partial charge in [-0.15, -0.1) is 0 Å². The van der Waals surface area contributed by atoms with Crippen LogP contribution in [0, 0.1) is 0 Å². The Labute approximate surface area is 73.7 Å². The first-order valence-electron chi connectivity index (χ1n) is 4.50. The summed E-state index contributed by atoms with van der Waals surface area (Å²) >= 11 is 0. The summed E-state index contributed by atoms with van der Waals surface area (Å²) in [6, 6.07) is 0. The molecular weight excluding hydrogens is 156 g/mol. The highest BCUT2D eigenvalue weighted by molar-refractivity contribution is 5.66. The van der Waals surface area contributed by atoms with Gasteiger partial charge in [0.25, 0.3) is 0 Å². The van der Waals surface area contributed by atoms with Gasteiger partial charge in [-0.25, -0.2) is 0 Å². The van der Waals surface area contributed by atoms with Crippen molar-refractivity contribution in [1.82, 2.24) is 0 Å². The van der Waals surface area contributed by atoms with Crippen LogP contribution in [0.25, 0.3) is 0 Å². The maximum absolute atomic E-state index is 10.2. The summed E-state index contributed by atoms with van der Waals surface area (Å²) in [6.07, 6.45) is 3.01. The Balaban J connectivity index is 3.19. The Morgan fingerprint density at radius 3 is 2.75 bits per heavy atom. The van der Waals surface area contributed by atoms with Crippen molar-refractivity contribution in [3.05, 3.63) is 0 Å². The van der Waals surface area contributed by atoms with E-state index in [0.29, 0.717) is 6.42 Å². The molecule has 0 heterocycles. The van der Waals surface area contributed by atoms with Gasteiger partial charge in [-0.1, -0.05) is 6.92 Å². The molecule has 0 aromatic rings. The molecule has 1 unspecified atom stereocenters. The molecule has 0 amide bonds. The van der Waals surface area contributed by atoms with Crippen molar-refractivity contribution in [2.75, 3.05) is 6.61 Å². The van der Waals surface area contributed by atoms with E-state index in [1.807, 2.05) is 6.92 Å². The molecular formula is C9H18O3. The smallest absolute Gasteiger partial charge is 0.303 e. The van der Waals surface area contributed by atoms with Crippen LogP contribution in [0.4, 0.5) is 0 Å². The fourth-order valence-corrected chi connectivity index (χ4v) is 0.943. The first-order chi connectivity index (χ1) is 5.66. The van der Waals surface area contributed by atoms with Crippen LogP contribution in [-0.4, -0.2) is 23.8 Å². The monoisotopic (exact) mass is 174 g/mol. The molecule has 0 aliphatic heterocycles. The maximum Gasteiger partial charge on any atom is 0.303 e. The molecule has 0 aliphatic carbocycles. The molecule has 1 N–H and O–H groups in total. The number of hydrogen-bond donors (Lipinski definition) is 1. The summed E-state index contributed by atoms with van der Waals surface area (Å²) in [6.45, 7) is 4.82. The minimum atomic E-state index is -0.724. The van der Waals surface area contributed by atoms with Gasteiger partial charge in [0.2, 0.25) is 0 Å². The molecule has 0 rings (SSSR count). The van der Waals surface area contributed by atoms with E-state index in [1.165, 1.54) is 0 Å². The summed E-state index contributed by atoms with van der Waals surface area (Å²) in [5.74, 6) is -0.724. The quantitative estimate of drug-likeness (QED) is 0.642. The molecule has 3 nitrogen and oxygen atoms in total. The molecule has 0 aromatic carbocycles. The van der Waals surface area contributed by atoms with Gasteiger partial charge in [-0.2, -0.15) is 0 Å². The van der Waals surface area contributed by atoms with Crippen molar-refractivity contribution in [2.24, 2.45) is 0 Å². The zero-order chi connectivity index (χ0) is 9.40. The molecule has 0 aliphatic rings. The lowest BCUT2D eigenvalue weighted by Gasteiger charge is -2.10. The summed E-state index contributed by atoms with van der Waals surface area (Å²) in [7, 11) is 0. The highest BCUT2D eigenvalue weighted by Gasteiger charge is 2.03. The summed E-state index contributed by atoms with van der Waals surface area (Å²) < 4.78 is 5.38. The predicted molar refractivity (Wildman–Crippen MR) is 47.2 cm³/mol. The third-order valence-corrected chi connectivity index (χ3v) is 1.61. The normalized spacial score (nSPS) is 12.8. The fraction of sp³-hybridized carbons (Fsp3) is 0.889. The van der Waals surface area contributed by atoms with Crippen LogP contribution in [0.3, 0.4) is 0 Å². The number of carbonyl (C=O) groups is 1. The van der Waals surface area contributed by atoms with Crippen LogP contribution >= 0.6 is 0 Å². The number of carboxylic acid groups (broad SMARTS) is 1. The van der Waals surface area contributed by atoms with Crippen molar-refractivity contribution < 1.29 is 14.6 Å². The van der Waals surface area contributed by atoms with E-state index in [4.69, 9.17) is 9.84 Å². The topological polar surface area (TPSA) is 46.5 Å². The Morgan fingerprint density at radius 2 is 2.25 bits per heavy atom. The van der Waals surface area contributed by atoms with Crippen LogP contribution < -0.4 is 0 Å². The molecule has 0 aromatic heterocycles. The van der Waals surface area contributed by atoms with Gasteiger partial charge in [0, 0.05) is 13.0 Å². The average molecular weight is 174 g/mol. The lowest BCUT2D eigenvalue weighted by molar-refractivity contribution is -0.137. The van der Waals surface area contributed by atoms with Gasteiger partial charge < -0.3 is 9.84 Å². The molecule has 0 bridgehead atoms. The van der Waals surface area contributed by atoms with Crippen LogP contribution in [-0.2, 0) is 9.53 Å². The SMILES string of the molecule is CCCOC(C)CCCC(=O)O. The Bertz CT molecular complexity index is 123. The number of ether oxygens (including phenoxy) is 1. The lowest BCUT2D eigenvalue weighted by Crippen LogP contribution is -2.09. The van der Waals surface area contributed by atoms with Gasteiger partial charge in [0.15, 0.2) is 0 Å². The summed E-state index contributed by atoms with van der Waals surface area (Å²) in [4.78, 5) is 10.2. The second-order valence-corrected chi connectivity index (χ2v) is 2.97. The first kappa shape index (κ1) is 11.4. The Kier molecular flexibility index (Phi) is 6.76. The van der Waals surface area contributed by atoms with Crippen LogP contribution in [0.2, 0.25) is 0 Å². The van der Waals surface area contributed by atoms with E-state index in [-0.39, 0.29) is 12.5 Å². The standard InChI is InChI=1S/C9H18O3/c1-3-7-12-8(2)5-4-6-9(10)11/h8H,3-7H2,1-2H3,(H,10,11). The van der Waals surface area contributed by atoms with Crippen molar-refractivity contribution in [2.45, 2.75) is 45.6 Å². The Morgan fingerprint density at radius 1 is 1.58 bits per heavy atom. The maximum atomic E-state index is 10.2. The van der Waals surface area contributed by atoms with Gasteiger partial charge >= 0.3 is 5.97 Å². The highest BCUT2D eigenvalue weighted by Crippen LogP contribution is 2.04. The minimum Gasteiger partial charge on any atom is -0.481 e. The van der Waals surface area contributed by atoms with Crippen LogP contribution in [0.5, 0.6) is 0 Å². The third-order valence-electron chi connectivity index (χ3n) is 1.61. The molecule has 0 spiro atoms. The molecule has 0 fully saturated rings. The van der Waals surface area contributed by atoms with Crippen molar-refractivity contribution in [1.29, 1.82) is 0 Å². The number of hydrogen-bond acceptors (Lipinski definition) is 2. The van der Waals surface area contributed by atoms with E-state index in [9.17, 15) is 4.79 Å². The largest absolute Gasteiger partial charge is 0.481 e. The minimum absolute atomic E-state index is 0.198. The van der Waals surface area contributed by atoms with Crippen LogP contribution in [0.15, 0.2) is 0 Å². The molecule has 0 saturated heterocycles. The fourth-order valence-electron chi connectivity index (χ4n) is 0.943. The van der Waals surface area contributed by atoms with E-state index < -0.39 is 5.97 Å². The van der Waals surface area contributed by atoms with Crippen molar-refractivity contribution in [3.8, 4) is 0 Å². The van der Waals surface area contributed by atoms with Crippen LogP contribution in [0.1, 0.15) is 39.5 Å². The van der Waals surface area contributed by atoms with E-state index in [2.05, 4.69) is 6.92 Å². The zero-order valence-electron chi connectivity index (χ0n) is 7.88. The highest BCUT2D eigenvalue weighted by atomic mass is 16.5. The summed E-state index contributed by atoms with van der Waals surface area (Å²) in [5, 5.41) is 8.36.